The third-order valence-electron chi connectivity index (χ3n) is 3.51. The van der Waals surface area contributed by atoms with Crippen molar-refractivity contribution in [3.8, 4) is 17.2 Å². The normalized spacial score (nSPS) is 10.5. The lowest BCUT2D eigenvalue weighted by atomic mass is 10.1. The molecule has 0 aromatic heterocycles. The smallest absolute Gasteiger partial charge is 0.203 e. The van der Waals surface area contributed by atoms with Crippen LogP contribution in [-0.2, 0) is 11.4 Å². The Morgan fingerprint density at radius 3 is 2.05 bits per heavy atom. The molecule has 0 radical (unpaired) electrons. The van der Waals surface area contributed by atoms with Crippen LogP contribution in [-0.4, -0.2) is 20.8 Å². The molecule has 0 heterocycles. The van der Waals surface area contributed by atoms with E-state index in [0.717, 1.165) is 12.0 Å². The Bertz CT molecular complexity index is 398. The summed E-state index contributed by atoms with van der Waals surface area (Å²) in [5.41, 5.74) is 0.878. The van der Waals surface area contributed by atoms with Gasteiger partial charge in [-0.05, 0) is 24.1 Å². The van der Waals surface area contributed by atoms with Crippen molar-refractivity contribution in [3.05, 3.63) is 17.7 Å². The highest BCUT2D eigenvalue weighted by molar-refractivity contribution is 5.53. The van der Waals surface area contributed by atoms with Crippen LogP contribution in [0.1, 0.15) is 51.0 Å². The van der Waals surface area contributed by atoms with E-state index >= 15 is 0 Å². The van der Waals surface area contributed by atoms with E-state index in [-0.39, 0.29) is 0 Å². The molecule has 0 saturated carbocycles. The zero-order valence-corrected chi connectivity index (χ0v) is 14.0. The average molecular weight is 311 g/mol. The number of benzene rings is 1. The van der Waals surface area contributed by atoms with E-state index in [4.69, 9.17) is 20.1 Å². The number of hydrogen-bond donors (Lipinski definition) is 1. The number of nitrogens with two attached hydrogens (primary N) is 1. The molecule has 5 heteroatoms. The van der Waals surface area contributed by atoms with Crippen LogP contribution in [0.15, 0.2) is 12.1 Å². The second kappa shape index (κ2) is 11.2. The van der Waals surface area contributed by atoms with Gasteiger partial charge in [-0.1, -0.05) is 39.0 Å². The van der Waals surface area contributed by atoms with Crippen molar-refractivity contribution in [1.29, 1.82) is 0 Å². The van der Waals surface area contributed by atoms with Crippen molar-refractivity contribution in [2.24, 2.45) is 5.90 Å². The Balaban J connectivity index is 2.57. The van der Waals surface area contributed by atoms with Gasteiger partial charge in [-0.2, -0.15) is 0 Å². The van der Waals surface area contributed by atoms with E-state index in [0.29, 0.717) is 30.5 Å². The summed E-state index contributed by atoms with van der Waals surface area (Å²) in [6, 6.07) is 3.71. The lowest BCUT2D eigenvalue weighted by Crippen LogP contribution is -2.04. The Hall–Kier alpha value is -1.46. The molecular weight excluding hydrogens is 282 g/mol. The first-order chi connectivity index (χ1) is 10.8. The van der Waals surface area contributed by atoms with Crippen LogP contribution in [0.5, 0.6) is 17.2 Å². The van der Waals surface area contributed by atoms with Crippen LogP contribution in [0.4, 0.5) is 0 Å². The fourth-order valence-corrected chi connectivity index (χ4v) is 2.31. The van der Waals surface area contributed by atoms with Crippen molar-refractivity contribution in [2.75, 3.05) is 20.8 Å². The minimum absolute atomic E-state index is 0.296. The minimum Gasteiger partial charge on any atom is -0.493 e. The highest BCUT2D eigenvalue weighted by Gasteiger charge is 2.14. The van der Waals surface area contributed by atoms with Gasteiger partial charge in [0, 0.05) is 0 Å². The molecule has 0 aliphatic heterocycles. The number of rotatable bonds is 12. The van der Waals surface area contributed by atoms with Gasteiger partial charge in [0.25, 0.3) is 0 Å². The fraction of sp³-hybridized carbons (Fsp3) is 0.647. The maximum Gasteiger partial charge on any atom is 0.203 e. The summed E-state index contributed by atoms with van der Waals surface area (Å²) in [6.07, 6.45) is 7.36. The Morgan fingerprint density at radius 1 is 0.909 bits per heavy atom. The molecule has 1 aromatic carbocycles. The summed E-state index contributed by atoms with van der Waals surface area (Å²) in [6.45, 7) is 3.18. The van der Waals surface area contributed by atoms with E-state index in [9.17, 15) is 0 Å². The molecule has 2 N–H and O–H groups in total. The first-order valence-electron chi connectivity index (χ1n) is 7.96. The number of hydrogen-bond acceptors (Lipinski definition) is 5. The lowest BCUT2D eigenvalue weighted by molar-refractivity contribution is 0.123. The first-order valence-corrected chi connectivity index (χ1v) is 7.96. The largest absolute Gasteiger partial charge is 0.493 e. The maximum absolute atomic E-state index is 5.87. The molecule has 0 aliphatic rings. The zero-order valence-electron chi connectivity index (χ0n) is 14.0. The zero-order chi connectivity index (χ0) is 16.2. The Labute approximate surface area is 133 Å². The molecule has 5 nitrogen and oxygen atoms in total. The van der Waals surface area contributed by atoms with Crippen molar-refractivity contribution < 1.29 is 19.0 Å². The molecule has 0 saturated heterocycles. The molecule has 0 amide bonds. The van der Waals surface area contributed by atoms with E-state index in [2.05, 4.69) is 11.8 Å². The number of unbranched alkanes of at least 4 members (excludes halogenated alkanes) is 5. The van der Waals surface area contributed by atoms with Crippen LogP contribution in [0.25, 0.3) is 0 Å². The van der Waals surface area contributed by atoms with Gasteiger partial charge in [-0.25, -0.2) is 5.90 Å². The van der Waals surface area contributed by atoms with E-state index in [1.807, 2.05) is 12.1 Å². The van der Waals surface area contributed by atoms with E-state index < -0.39 is 0 Å². The topological polar surface area (TPSA) is 62.9 Å². The van der Waals surface area contributed by atoms with Crippen molar-refractivity contribution in [1.82, 2.24) is 0 Å². The molecular formula is C17H29NO4. The standard InChI is InChI=1S/C17H29NO4/c1-4-5-6-7-8-9-10-21-17-15(19-2)11-14(13-22-18)12-16(17)20-3/h11-12H,4-10,13,18H2,1-3H3. The van der Waals surface area contributed by atoms with Crippen LogP contribution in [0.3, 0.4) is 0 Å². The second-order valence-electron chi connectivity index (χ2n) is 5.26. The lowest BCUT2D eigenvalue weighted by Gasteiger charge is -2.16. The predicted octanol–water partition coefficient (Wildman–Crippen LogP) is 3.83. The van der Waals surface area contributed by atoms with E-state index in [1.54, 1.807) is 14.2 Å². The summed E-state index contributed by atoms with van der Waals surface area (Å²) in [4.78, 5) is 4.66. The van der Waals surface area contributed by atoms with Gasteiger partial charge in [0.2, 0.25) is 5.75 Å². The molecule has 0 atom stereocenters. The highest BCUT2D eigenvalue weighted by Crippen LogP contribution is 2.38. The number of methoxy groups -OCH3 is 2. The third-order valence-corrected chi connectivity index (χ3v) is 3.51. The quantitative estimate of drug-likeness (QED) is 0.469. The molecule has 1 aromatic rings. The average Bonchev–Trinajstić information content (AvgIpc) is 2.54. The van der Waals surface area contributed by atoms with Gasteiger partial charge >= 0.3 is 0 Å². The summed E-state index contributed by atoms with van der Waals surface area (Å²) in [5, 5.41) is 0. The Morgan fingerprint density at radius 2 is 1.50 bits per heavy atom. The maximum atomic E-state index is 5.87. The minimum atomic E-state index is 0.296. The fourth-order valence-electron chi connectivity index (χ4n) is 2.31. The van der Waals surface area contributed by atoms with Crippen molar-refractivity contribution in [3.63, 3.8) is 0 Å². The van der Waals surface area contributed by atoms with Crippen LogP contribution in [0.2, 0.25) is 0 Å². The van der Waals surface area contributed by atoms with Crippen molar-refractivity contribution in [2.45, 2.75) is 52.1 Å². The van der Waals surface area contributed by atoms with E-state index in [1.165, 1.54) is 32.1 Å². The first kappa shape index (κ1) is 18.6. The Kier molecular flexibility index (Phi) is 9.42. The van der Waals surface area contributed by atoms with Gasteiger partial charge in [0.05, 0.1) is 27.4 Å². The molecule has 22 heavy (non-hydrogen) atoms. The summed E-state index contributed by atoms with van der Waals surface area (Å²) < 4.78 is 16.6. The highest BCUT2D eigenvalue weighted by atomic mass is 16.6. The molecule has 0 aliphatic carbocycles. The molecule has 126 valence electrons. The second-order valence-corrected chi connectivity index (χ2v) is 5.26. The summed E-state index contributed by atoms with van der Waals surface area (Å²) in [5.74, 6) is 7.03. The van der Waals surface area contributed by atoms with Gasteiger partial charge in [-0.3, -0.25) is 4.84 Å². The molecule has 1 rings (SSSR count). The van der Waals surface area contributed by atoms with Gasteiger partial charge < -0.3 is 14.2 Å². The molecule has 0 fully saturated rings. The van der Waals surface area contributed by atoms with Crippen LogP contribution < -0.4 is 20.1 Å². The molecule has 0 unspecified atom stereocenters. The van der Waals surface area contributed by atoms with Crippen molar-refractivity contribution >= 4 is 0 Å². The van der Waals surface area contributed by atoms with Gasteiger partial charge in [-0.15, -0.1) is 0 Å². The summed E-state index contributed by atoms with van der Waals surface area (Å²) in [7, 11) is 3.22. The third kappa shape index (κ3) is 6.12. The van der Waals surface area contributed by atoms with Crippen LogP contribution in [0, 0.1) is 0 Å². The van der Waals surface area contributed by atoms with Crippen LogP contribution >= 0.6 is 0 Å². The van der Waals surface area contributed by atoms with Gasteiger partial charge in [0.1, 0.15) is 0 Å². The SMILES string of the molecule is CCCCCCCCOc1c(OC)cc(CON)cc1OC. The molecule has 0 bridgehead atoms. The summed E-state index contributed by atoms with van der Waals surface area (Å²) >= 11 is 0. The monoisotopic (exact) mass is 311 g/mol. The molecule has 0 spiro atoms. The predicted molar refractivity (Wildman–Crippen MR) is 87.4 cm³/mol. The number of ether oxygens (including phenoxy) is 3. The van der Waals surface area contributed by atoms with Gasteiger partial charge in [0.15, 0.2) is 11.5 Å².